The minimum absolute atomic E-state index is 0. The van der Waals surface area contributed by atoms with E-state index < -0.39 is 10.0 Å². The van der Waals surface area contributed by atoms with E-state index in [4.69, 9.17) is 0 Å². The quantitative estimate of drug-likeness (QED) is 0.869. The van der Waals surface area contributed by atoms with Crippen molar-refractivity contribution in [1.82, 2.24) is 10.0 Å². The predicted octanol–water partition coefficient (Wildman–Crippen LogP) is 3.19. The van der Waals surface area contributed by atoms with Gasteiger partial charge in [-0.05, 0) is 62.4 Å². The summed E-state index contributed by atoms with van der Waals surface area (Å²) in [6.45, 7) is 1.77. The summed E-state index contributed by atoms with van der Waals surface area (Å²) < 4.78 is 27.8. The van der Waals surface area contributed by atoms with Gasteiger partial charge in [0.2, 0.25) is 10.0 Å². The molecule has 2 aliphatic rings. The summed E-state index contributed by atoms with van der Waals surface area (Å²) >= 11 is 0. The van der Waals surface area contributed by atoms with Gasteiger partial charge in [-0.2, -0.15) is 0 Å². The maximum Gasteiger partial charge on any atom is 0.240 e. The third kappa shape index (κ3) is 4.92. The summed E-state index contributed by atoms with van der Waals surface area (Å²) in [6.07, 6.45) is 8.12. The topological polar surface area (TPSA) is 58.2 Å². The number of rotatable bonds is 4. The Balaban J connectivity index is 0.00000192. The van der Waals surface area contributed by atoms with Gasteiger partial charge in [-0.15, -0.1) is 12.4 Å². The highest BCUT2D eigenvalue weighted by atomic mass is 35.5. The van der Waals surface area contributed by atoms with E-state index in [-0.39, 0.29) is 18.4 Å². The van der Waals surface area contributed by atoms with Crippen molar-refractivity contribution >= 4 is 22.4 Å². The van der Waals surface area contributed by atoms with Gasteiger partial charge in [-0.1, -0.05) is 31.4 Å². The lowest BCUT2D eigenvalue weighted by atomic mass is 9.84. The highest BCUT2D eigenvalue weighted by Crippen LogP contribution is 2.32. The van der Waals surface area contributed by atoms with Crippen molar-refractivity contribution in [3.63, 3.8) is 0 Å². The molecule has 6 heteroatoms. The van der Waals surface area contributed by atoms with E-state index >= 15 is 0 Å². The average Bonchev–Trinajstić information content (AvgIpc) is 2.56. The summed E-state index contributed by atoms with van der Waals surface area (Å²) in [4.78, 5) is 0.394. The molecule has 2 N–H and O–H groups in total. The van der Waals surface area contributed by atoms with Crippen molar-refractivity contribution in [2.45, 2.75) is 61.8 Å². The minimum atomic E-state index is -3.39. The monoisotopic (exact) mass is 358 g/mol. The van der Waals surface area contributed by atoms with Crippen LogP contribution in [0.4, 0.5) is 0 Å². The Hall–Kier alpha value is -0.620. The van der Waals surface area contributed by atoms with E-state index in [0.717, 1.165) is 25.9 Å². The number of piperidine rings is 1. The Morgan fingerprint density at radius 3 is 2.13 bits per heavy atom. The Morgan fingerprint density at radius 2 is 1.52 bits per heavy atom. The van der Waals surface area contributed by atoms with Gasteiger partial charge in [0.05, 0.1) is 4.90 Å². The summed E-state index contributed by atoms with van der Waals surface area (Å²) in [5.74, 6) is 0.614. The van der Waals surface area contributed by atoms with Gasteiger partial charge in [-0.3, -0.25) is 0 Å². The third-order valence-corrected chi connectivity index (χ3v) is 6.46. The molecule has 0 spiro atoms. The van der Waals surface area contributed by atoms with E-state index in [1.165, 1.54) is 37.7 Å². The first-order chi connectivity index (χ1) is 10.6. The van der Waals surface area contributed by atoms with Crippen molar-refractivity contribution < 1.29 is 8.42 Å². The van der Waals surface area contributed by atoms with Crippen molar-refractivity contribution in [2.24, 2.45) is 0 Å². The zero-order valence-corrected chi connectivity index (χ0v) is 15.1. The summed E-state index contributed by atoms with van der Waals surface area (Å²) in [7, 11) is -3.39. The Labute approximate surface area is 145 Å². The molecule has 130 valence electrons. The number of nitrogens with one attached hydrogen (secondary N) is 2. The van der Waals surface area contributed by atoms with Crippen molar-refractivity contribution in [2.75, 3.05) is 13.1 Å². The molecule has 0 bridgehead atoms. The second-order valence-electron chi connectivity index (χ2n) is 6.55. The molecule has 0 radical (unpaired) electrons. The zero-order chi connectivity index (χ0) is 15.4. The van der Waals surface area contributed by atoms with Crippen molar-refractivity contribution in [1.29, 1.82) is 0 Å². The smallest absolute Gasteiger partial charge is 0.240 e. The lowest BCUT2D eigenvalue weighted by molar-refractivity contribution is 0.427. The van der Waals surface area contributed by atoms with Crippen LogP contribution >= 0.6 is 12.4 Å². The van der Waals surface area contributed by atoms with E-state index in [1.807, 2.05) is 12.1 Å². The number of benzene rings is 1. The summed E-state index contributed by atoms with van der Waals surface area (Å²) in [6, 6.07) is 7.62. The summed E-state index contributed by atoms with van der Waals surface area (Å²) in [5.41, 5.74) is 1.29. The van der Waals surface area contributed by atoms with Gasteiger partial charge in [-0.25, -0.2) is 13.1 Å². The van der Waals surface area contributed by atoms with Crippen LogP contribution in [0.1, 0.15) is 56.4 Å². The fourth-order valence-electron chi connectivity index (χ4n) is 3.58. The SMILES string of the molecule is Cl.O=S(=O)(NC1CCNCC1)c1ccc(C2CCCCC2)cc1. The molecular weight excluding hydrogens is 332 g/mol. The lowest BCUT2D eigenvalue weighted by Crippen LogP contribution is -2.42. The van der Waals surface area contributed by atoms with Crippen LogP contribution in [0, 0.1) is 0 Å². The highest BCUT2D eigenvalue weighted by molar-refractivity contribution is 7.89. The molecule has 4 nitrogen and oxygen atoms in total. The Morgan fingerprint density at radius 1 is 0.913 bits per heavy atom. The van der Waals surface area contributed by atoms with Crippen LogP contribution in [0.15, 0.2) is 29.2 Å². The summed E-state index contributed by atoms with van der Waals surface area (Å²) in [5, 5.41) is 3.25. The molecule has 2 fully saturated rings. The van der Waals surface area contributed by atoms with Crippen LogP contribution in [0.3, 0.4) is 0 Å². The van der Waals surface area contributed by atoms with Gasteiger partial charge >= 0.3 is 0 Å². The van der Waals surface area contributed by atoms with Crippen molar-refractivity contribution in [3.8, 4) is 0 Å². The Kier molecular flexibility index (Phi) is 6.89. The fraction of sp³-hybridized carbons (Fsp3) is 0.647. The number of hydrogen-bond acceptors (Lipinski definition) is 3. The molecule has 3 rings (SSSR count). The van der Waals surface area contributed by atoms with Crippen LogP contribution < -0.4 is 10.0 Å². The van der Waals surface area contributed by atoms with Gasteiger partial charge in [0.1, 0.15) is 0 Å². The molecule has 0 aromatic heterocycles. The van der Waals surface area contributed by atoms with Gasteiger partial charge < -0.3 is 5.32 Å². The highest BCUT2D eigenvalue weighted by Gasteiger charge is 2.22. The molecule has 0 amide bonds. The minimum Gasteiger partial charge on any atom is -0.317 e. The Bertz CT molecular complexity index is 577. The van der Waals surface area contributed by atoms with Crippen LogP contribution in [0.2, 0.25) is 0 Å². The third-order valence-electron chi connectivity index (χ3n) is 4.93. The molecule has 1 aromatic rings. The number of sulfonamides is 1. The maximum absolute atomic E-state index is 12.5. The van der Waals surface area contributed by atoms with E-state index in [1.54, 1.807) is 12.1 Å². The van der Waals surface area contributed by atoms with Crippen LogP contribution in [-0.4, -0.2) is 27.5 Å². The lowest BCUT2D eigenvalue weighted by Gasteiger charge is -2.24. The molecule has 1 aliphatic heterocycles. The van der Waals surface area contributed by atoms with Gasteiger partial charge in [0, 0.05) is 6.04 Å². The second-order valence-corrected chi connectivity index (χ2v) is 8.26. The van der Waals surface area contributed by atoms with Crippen molar-refractivity contribution in [3.05, 3.63) is 29.8 Å². The zero-order valence-electron chi connectivity index (χ0n) is 13.5. The van der Waals surface area contributed by atoms with E-state index in [0.29, 0.717) is 10.8 Å². The van der Waals surface area contributed by atoms with E-state index in [9.17, 15) is 8.42 Å². The largest absolute Gasteiger partial charge is 0.317 e. The van der Waals surface area contributed by atoms with Gasteiger partial charge in [0.15, 0.2) is 0 Å². The molecule has 1 aliphatic carbocycles. The number of halogens is 1. The fourth-order valence-corrected chi connectivity index (χ4v) is 4.89. The molecule has 1 saturated carbocycles. The first-order valence-corrected chi connectivity index (χ1v) is 9.96. The first kappa shape index (κ1) is 18.7. The average molecular weight is 359 g/mol. The standard InChI is InChI=1S/C17H26N2O2S.ClH/c20-22(21,19-16-10-12-18-13-11-16)17-8-6-15(7-9-17)14-4-2-1-3-5-14;/h6-9,14,16,18-19H,1-5,10-13H2;1H. The second kappa shape index (κ2) is 8.47. The molecule has 0 unspecified atom stereocenters. The molecular formula is C17H27ClN2O2S. The van der Waals surface area contributed by atoms with Gasteiger partial charge in [0.25, 0.3) is 0 Å². The molecule has 1 saturated heterocycles. The normalized spacial score (nSPS) is 20.9. The first-order valence-electron chi connectivity index (χ1n) is 8.48. The molecule has 0 atom stereocenters. The molecule has 1 aromatic carbocycles. The number of hydrogen-bond donors (Lipinski definition) is 2. The maximum atomic E-state index is 12.5. The van der Waals surface area contributed by atoms with Crippen LogP contribution in [-0.2, 0) is 10.0 Å². The van der Waals surface area contributed by atoms with E-state index in [2.05, 4.69) is 10.0 Å². The van der Waals surface area contributed by atoms with Crippen LogP contribution in [0.5, 0.6) is 0 Å². The predicted molar refractivity (Wildman–Crippen MR) is 95.7 cm³/mol. The molecule has 1 heterocycles. The van der Waals surface area contributed by atoms with Crippen LogP contribution in [0.25, 0.3) is 0 Å². The molecule has 23 heavy (non-hydrogen) atoms.